The summed E-state index contributed by atoms with van der Waals surface area (Å²) in [5.74, 6) is 0. The summed E-state index contributed by atoms with van der Waals surface area (Å²) in [5.41, 5.74) is 2.08. The topological polar surface area (TPSA) is 86.2 Å². The highest BCUT2D eigenvalue weighted by Gasteiger charge is 2.49. The molecule has 158 valence electrons. The minimum Gasteiger partial charge on any atom is -0.444 e. The smallest absolute Gasteiger partial charge is 0.408 e. The van der Waals surface area contributed by atoms with E-state index in [2.05, 4.69) is 29.8 Å². The van der Waals surface area contributed by atoms with Gasteiger partial charge in [-0.2, -0.15) is 0 Å². The molecule has 2 bridgehead atoms. The van der Waals surface area contributed by atoms with Gasteiger partial charge in [-0.3, -0.25) is 0 Å². The van der Waals surface area contributed by atoms with Crippen molar-refractivity contribution in [3.05, 3.63) is 11.3 Å². The SMILES string of the molecule is CC(C)(C)OC(=O)NC12CCC(CNC3=C(C=N)CNCC3(C)C)(CC1)CC2. The van der Waals surface area contributed by atoms with Crippen molar-refractivity contribution in [1.82, 2.24) is 16.0 Å². The Morgan fingerprint density at radius 2 is 1.79 bits per heavy atom. The van der Waals surface area contributed by atoms with Crippen molar-refractivity contribution in [2.45, 2.75) is 84.3 Å². The van der Waals surface area contributed by atoms with Gasteiger partial charge >= 0.3 is 6.09 Å². The Hall–Kier alpha value is -1.56. The van der Waals surface area contributed by atoms with E-state index in [1.54, 1.807) is 0 Å². The third-order valence-electron chi connectivity index (χ3n) is 6.86. The number of ether oxygens (including phenoxy) is 1. The zero-order valence-corrected chi connectivity index (χ0v) is 18.3. The molecule has 1 amide bonds. The molecule has 0 aromatic rings. The molecule has 0 aromatic heterocycles. The number of fused-ring (bicyclic) bond motifs is 3. The van der Waals surface area contributed by atoms with E-state index in [1.807, 2.05) is 20.8 Å². The number of hydrogen-bond acceptors (Lipinski definition) is 5. The van der Waals surface area contributed by atoms with Crippen LogP contribution in [-0.4, -0.2) is 43.1 Å². The van der Waals surface area contributed by atoms with Gasteiger partial charge in [0.1, 0.15) is 5.60 Å². The van der Waals surface area contributed by atoms with Crippen LogP contribution < -0.4 is 16.0 Å². The second-order valence-electron chi connectivity index (χ2n) is 10.8. The second kappa shape index (κ2) is 7.36. The molecule has 1 aliphatic heterocycles. The Morgan fingerprint density at radius 1 is 1.18 bits per heavy atom. The minimum absolute atomic E-state index is 0.0210. The van der Waals surface area contributed by atoms with Crippen LogP contribution in [0.1, 0.15) is 73.1 Å². The molecule has 3 fully saturated rings. The number of carbonyl (C=O) groups is 1. The van der Waals surface area contributed by atoms with E-state index in [1.165, 1.54) is 11.9 Å². The van der Waals surface area contributed by atoms with Crippen molar-refractivity contribution < 1.29 is 9.53 Å². The predicted molar refractivity (Wildman–Crippen MR) is 113 cm³/mol. The van der Waals surface area contributed by atoms with Gasteiger partial charge in [0, 0.05) is 48.1 Å². The van der Waals surface area contributed by atoms with Crippen molar-refractivity contribution in [1.29, 1.82) is 5.41 Å². The van der Waals surface area contributed by atoms with Crippen LogP contribution in [0.4, 0.5) is 4.79 Å². The number of alkyl carbamates (subject to hydrolysis) is 1. The molecule has 6 heteroatoms. The zero-order valence-electron chi connectivity index (χ0n) is 18.3. The number of rotatable bonds is 5. The fraction of sp³-hybridized carbons (Fsp3) is 0.818. The fourth-order valence-corrected chi connectivity index (χ4v) is 5.11. The molecule has 28 heavy (non-hydrogen) atoms. The van der Waals surface area contributed by atoms with Gasteiger partial charge in [-0.1, -0.05) is 13.8 Å². The van der Waals surface area contributed by atoms with Crippen LogP contribution in [0, 0.1) is 16.2 Å². The maximum atomic E-state index is 12.3. The Kier molecular flexibility index (Phi) is 5.56. The van der Waals surface area contributed by atoms with E-state index in [-0.39, 0.29) is 17.0 Å². The maximum Gasteiger partial charge on any atom is 0.408 e. The summed E-state index contributed by atoms with van der Waals surface area (Å²) in [6, 6.07) is 0. The molecular weight excluding hydrogens is 352 g/mol. The van der Waals surface area contributed by atoms with E-state index in [0.29, 0.717) is 5.41 Å². The summed E-state index contributed by atoms with van der Waals surface area (Å²) in [6.07, 6.45) is 7.66. The van der Waals surface area contributed by atoms with Crippen LogP contribution in [0.2, 0.25) is 0 Å². The van der Waals surface area contributed by atoms with E-state index in [0.717, 1.165) is 63.7 Å². The zero-order chi connectivity index (χ0) is 20.6. The number of nitrogens with one attached hydrogen (secondary N) is 4. The quantitative estimate of drug-likeness (QED) is 0.539. The Labute approximate surface area is 169 Å². The van der Waals surface area contributed by atoms with Crippen molar-refractivity contribution >= 4 is 12.3 Å². The molecule has 0 aromatic carbocycles. The molecule has 4 N–H and O–H groups in total. The van der Waals surface area contributed by atoms with E-state index in [9.17, 15) is 4.79 Å². The standard InChI is InChI=1S/C22H38N4O2/c1-19(2,3)28-18(27)26-22-9-6-21(7-10-22,8-11-22)15-25-17-16(12-23)13-24-14-20(17,4)5/h12,23-25H,6-11,13-15H2,1-5H3,(H,26,27). The van der Waals surface area contributed by atoms with Crippen molar-refractivity contribution in [3.63, 3.8) is 0 Å². The molecule has 0 unspecified atom stereocenters. The molecule has 0 spiro atoms. The first-order valence-corrected chi connectivity index (χ1v) is 10.7. The first-order chi connectivity index (χ1) is 13.0. The molecular formula is C22H38N4O2. The lowest BCUT2D eigenvalue weighted by Crippen LogP contribution is -2.59. The van der Waals surface area contributed by atoms with Crippen LogP contribution in [0.3, 0.4) is 0 Å². The van der Waals surface area contributed by atoms with Gasteiger partial charge in [0.25, 0.3) is 0 Å². The Balaban J connectivity index is 1.60. The first kappa shape index (κ1) is 21.2. The highest BCUT2D eigenvalue weighted by Crippen LogP contribution is 2.52. The molecule has 1 heterocycles. The summed E-state index contributed by atoms with van der Waals surface area (Å²) in [5, 5.41) is 18.1. The summed E-state index contributed by atoms with van der Waals surface area (Å²) in [7, 11) is 0. The third-order valence-corrected chi connectivity index (χ3v) is 6.86. The van der Waals surface area contributed by atoms with Crippen LogP contribution in [0.25, 0.3) is 0 Å². The van der Waals surface area contributed by atoms with Gasteiger partial charge in [0.2, 0.25) is 0 Å². The molecule has 3 aliphatic carbocycles. The van der Waals surface area contributed by atoms with E-state index < -0.39 is 5.60 Å². The van der Waals surface area contributed by atoms with E-state index >= 15 is 0 Å². The predicted octanol–water partition coefficient (Wildman–Crippen LogP) is 3.73. The summed E-state index contributed by atoms with van der Waals surface area (Å²) < 4.78 is 5.49. The average Bonchev–Trinajstić information content (AvgIpc) is 2.59. The van der Waals surface area contributed by atoms with Gasteiger partial charge < -0.3 is 26.1 Å². The molecule has 0 saturated heterocycles. The lowest BCUT2D eigenvalue weighted by atomic mass is 9.57. The molecule has 0 atom stereocenters. The van der Waals surface area contributed by atoms with Gasteiger partial charge in [-0.15, -0.1) is 0 Å². The lowest BCUT2D eigenvalue weighted by molar-refractivity contribution is 0.00511. The number of amides is 1. The van der Waals surface area contributed by atoms with Gasteiger partial charge in [-0.05, 0) is 64.7 Å². The maximum absolute atomic E-state index is 12.3. The minimum atomic E-state index is -0.459. The summed E-state index contributed by atoms with van der Waals surface area (Å²) in [6.45, 7) is 12.9. The Bertz CT molecular complexity index is 635. The van der Waals surface area contributed by atoms with Gasteiger partial charge in [0.15, 0.2) is 0 Å². The lowest BCUT2D eigenvalue weighted by Gasteiger charge is -2.54. The highest BCUT2D eigenvalue weighted by atomic mass is 16.6. The summed E-state index contributed by atoms with van der Waals surface area (Å²) >= 11 is 0. The average molecular weight is 391 g/mol. The number of hydrogen-bond donors (Lipinski definition) is 4. The first-order valence-electron chi connectivity index (χ1n) is 10.7. The monoisotopic (exact) mass is 390 g/mol. The number of carbonyl (C=O) groups excluding carboxylic acids is 1. The third kappa shape index (κ3) is 4.53. The van der Waals surface area contributed by atoms with Crippen molar-refractivity contribution in [2.24, 2.45) is 10.8 Å². The normalized spacial score (nSPS) is 32.0. The highest BCUT2D eigenvalue weighted by molar-refractivity contribution is 5.78. The Morgan fingerprint density at radius 3 is 2.32 bits per heavy atom. The molecule has 3 saturated carbocycles. The summed E-state index contributed by atoms with van der Waals surface area (Å²) in [4.78, 5) is 12.3. The second-order valence-corrected chi connectivity index (χ2v) is 10.8. The van der Waals surface area contributed by atoms with Crippen LogP contribution in [0.5, 0.6) is 0 Å². The largest absolute Gasteiger partial charge is 0.444 e. The van der Waals surface area contributed by atoms with Crippen molar-refractivity contribution in [2.75, 3.05) is 19.6 Å². The van der Waals surface area contributed by atoms with Crippen molar-refractivity contribution in [3.8, 4) is 0 Å². The van der Waals surface area contributed by atoms with E-state index in [4.69, 9.17) is 10.1 Å². The van der Waals surface area contributed by atoms with Crippen LogP contribution in [0.15, 0.2) is 11.3 Å². The molecule has 4 rings (SSSR count). The fourth-order valence-electron chi connectivity index (χ4n) is 5.11. The van der Waals surface area contributed by atoms with Crippen LogP contribution in [-0.2, 0) is 4.74 Å². The van der Waals surface area contributed by atoms with Gasteiger partial charge in [0.05, 0.1) is 0 Å². The molecule has 6 nitrogen and oxygen atoms in total. The van der Waals surface area contributed by atoms with Gasteiger partial charge in [-0.25, -0.2) is 4.79 Å². The molecule has 4 aliphatic rings. The molecule has 0 radical (unpaired) electrons. The van der Waals surface area contributed by atoms with Crippen LogP contribution >= 0.6 is 0 Å².